The number of aromatic nitrogens is 1. The molecule has 1 amide bonds. The maximum absolute atomic E-state index is 12.8. The number of hydrogen-bond acceptors (Lipinski definition) is 6. The third-order valence-electron chi connectivity index (χ3n) is 5.47. The Morgan fingerprint density at radius 3 is 2.64 bits per heavy atom. The molecule has 0 saturated heterocycles. The van der Waals surface area contributed by atoms with Gasteiger partial charge in [-0.3, -0.25) is 9.78 Å². The van der Waals surface area contributed by atoms with Crippen LogP contribution in [0.5, 0.6) is 5.75 Å². The van der Waals surface area contributed by atoms with Gasteiger partial charge in [0, 0.05) is 37.5 Å². The summed E-state index contributed by atoms with van der Waals surface area (Å²) in [5.41, 5.74) is 3.56. The van der Waals surface area contributed by atoms with Crippen molar-refractivity contribution in [2.75, 3.05) is 26.4 Å². The zero-order chi connectivity index (χ0) is 23.9. The van der Waals surface area contributed by atoms with E-state index in [2.05, 4.69) is 30.1 Å². The number of fused-ring (bicyclic) bond motifs is 1. The fourth-order valence-corrected chi connectivity index (χ4v) is 3.81. The van der Waals surface area contributed by atoms with Crippen molar-refractivity contribution in [1.29, 1.82) is 0 Å². The van der Waals surface area contributed by atoms with Gasteiger partial charge in [0.05, 0.1) is 13.2 Å². The molecule has 1 aromatic carbocycles. The summed E-state index contributed by atoms with van der Waals surface area (Å²) in [6.07, 6.45) is 6.89. The fourth-order valence-electron chi connectivity index (χ4n) is 3.81. The van der Waals surface area contributed by atoms with Gasteiger partial charge in [-0.2, -0.15) is 9.59 Å². The normalized spacial score (nSPS) is 15.0. The third kappa shape index (κ3) is 9.16. The first kappa shape index (κ1) is 26.2. The summed E-state index contributed by atoms with van der Waals surface area (Å²) in [4.78, 5) is 35.3. The van der Waals surface area contributed by atoms with Crippen LogP contribution < -0.4 is 4.74 Å². The van der Waals surface area contributed by atoms with Crippen molar-refractivity contribution in [3.63, 3.8) is 0 Å². The number of nitrogens with zero attached hydrogens (tertiary/aromatic N) is 2. The van der Waals surface area contributed by atoms with E-state index >= 15 is 0 Å². The molecule has 0 N–H and O–H groups in total. The number of rotatable bonds is 11. The zero-order valence-electron chi connectivity index (χ0n) is 19.6. The van der Waals surface area contributed by atoms with Crippen LogP contribution >= 0.6 is 0 Å². The molecule has 0 unspecified atom stereocenters. The topological polar surface area (TPSA) is 85.8 Å². The minimum absolute atomic E-state index is 0.00390. The van der Waals surface area contributed by atoms with Crippen molar-refractivity contribution in [2.24, 2.45) is 5.92 Å². The number of amides is 1. The average molecular weight is 455 g/mol. The number of benzene rings is 1. The molecule has 0 fully saturated rings. The molecule has 7 heteroatoms. The standard InChI is InChI=1S/C25H34N2O3.CO2/c1-3-14-29-16-13-27-19-22-18-24(11-10-21(22)17-20(2)25(27)28)30-15-7-5-9-23-8-4-6-12-26-23;2-1-3/h4,6,8,10-12,18,20H,3,5,7,9,13-17,19H2,1-2H3;/t20-;/m1./s1. The van der Waals surface area contributed by atoms with Crippen molar-refractivity contribution >= 4 is 12.1 Å². The molecular weight excluding hydrogens is 420 g/mol. The van der Waals surface area contributed by atoms with Crippen LogP contribution in [0.2, 0.25) is 0 Å². The maximum atomic E-state index is 12.8. The Bertz CT molecular complexity index is 882. The lowest BCUT2D eigenvalue weighted by molar-refractivity contribution is -0.191. The minimum Gasteiger partial charge on any atom is -0.494 e. The molecule has 2 aromatic rings. The first-order chi connectivity index (χ1) is 16.1. The van der Waals surface area contributed by atoms with Crippen LogP contribution in [0.25, 0.3) is 0 Å². The molecule has 3 rings (SSSR count). The number of pyridine rings is 1. The molecule has 1 aromatic heterocycles. The van der Waals surface area contributed by atoms with E-state index in [-0.39, 0.29) is 18.0 Å². The van der Waals surface area contributed by atoms with Crippen LogP contribution in [0.15, 0.2) is 42.6 Å². The highest BCUT2D eigenvalue weighted by atomic mass is 16.5. The minimum atomic E-state index is -0.00390. The first-order valence-electron chi connectivity index (χ1n) is 11.6. The third-order valence-corrected chi connectivity index (χ3v) is 5.47. The molecule has 1 atom stereocenters. The summed E-state index contributed by atoms with van der Waals surface area (Å²) in [7, 11) is 0. The van der Waals surface area contributed by atoms with Crippen LogP contribution in [0.4, 0.5) is 0 Å². The van der Waals surface area contributed by atoms with E-state index in [1.807, 2.05) is 36.2 Å². The van der Waals surface area contributed by atoms with Gasteiger partial charge in [-0.05, 0) is 67.5 Å². The van der Waals surface area contributed by atoms with Gasteiger partial charge in [0.2, 0.25) is 5.91 Å². The lowest BCUT2D eigenvalue weighted by atomic mass is 9.98. The summed E-state index contributed by atoms with van der Waals surface area (Å²) in [6, 6.07) is 12.3. The molecule has 0 bridgehead atoms. The Morgan fingerprint density at radius 2 is 1.91 bits per heavy atom. The Labute approximate surface area is 196 Å². The van der Waals surface area contributed by atoms with Crippen LogP contribution in [0, 0.1) is 5.92 Å². The van der Waals surface area contributed by atoms with Gasteiger partial charge in [-0.15, -0.1) is 0 Å². The quantitative estimate of drug-likeness (QED) is 0.480. The monoisotopic (exact) mass is 454 g/mol. The predicted molar refractivity (Wildman–Crippen MR) is 124 cm³/mol. The lowest BCUT2D eigenvalue weighted by Crippen LogP contribution is -2.36. The summed E-state index contributed by atoms with van der Waals surface area (Å²) >= 11 is 0. The number of carbonyl (C=O) groups is 1. The van der Waals surface area contributed by atoms with Gasteiger partial charge in [0.25, 0.3) is 0 Å². The largest absolute Gasteiger partial charge is 0.494 e. The molecule has 0 saturated carbocycles. The van der Waals surface area contributed by atoms with E-state index in [9.17, 15) is 4.79 Å². The van der Waals surface area contributed by atoms with E-state index in [0.717, 1.165) is 50.2 Å². The van der Waals surface area contributed by atoms with Gasteiger partial charge in [-0.25, -0.2) is 0 Å². The Kier molecular flexibility index (Phi) is 11.9. The number of unbranched alkanes of at least 4 members (excludes halogenated alkanes) is 1. The molecular formula is C26H34N2O5. The maximum Gasteiger partial charge on any atom is 0.373 e. The highest BCUT2D eigenvalue weighted by Crippen LogP contribution is 2.26. The van der Waals surface area contributed by atoms with Gasteiger partial charge in [0.15, 0.2) is 0 Å². The molecule has 2 heterocycles. The highest BCUT2D eigenvalue weighted by molar-refractivity contribution is 5.79. The van der Waals surface area contributed by atoms with Crippen molar-refractivity contribution in [1.82, 2.24) is 9.88 Å². The SMILES string of the molecule is CCCOCCN1Cc2cc(OCCCCc3ccccn3)ccc2C[C@@H](C)C1=O.O=C=O. The van der Waals surface area contributed by atoms with E-state index in [4.69, 9.17) is 19.1 Å². The number of hydrogen-bond donors (Lipinski definition) is 0. The Morgan fingerprint density at radius 1 is 1.09 bits per heavy atom. The fraction of sp³-hybridized carbons (Fsp3) is 0.500. The molecule has 0 aliphatic carbocycles. The average Bonchev–Trinajstić information content (AvgIpc) is 2.94. The highest BCUT2D eigenvalue weighted by Gasteiger charge is 2.26. The second-order valence-electron chi connectivity index (χ2n) is 8.12. The number of ether oxygens (including phenoxy) is 2. The number of carbonyl (C=O) groups excluding carboxylic acids is 3. The summed E-state index contributed by atoms with van der Waals surface area (Å²) < 4.78 is 11.6. The second-order valence-corrected chi connectivity index (χ2v) is 8.12. The van der Waals surface area contributed by atoms with Gasteiger partial charge in [-0.1, -0.05) is 26.0 Å². The Hall–Kier alpha value is -3.02. The van der Waals surface area contributed by atoms with Gasteiger partial charge in [0.1, 0.15) is 5.75 Å². The predicted octanol–water partition coefficient (Wildman–Crippen LogP) is 3.85. The Balaban J connectivity index is 0.00000122. The first-order valence-corrected chi connectivity index (χ1v) is 11.6. The van der Waals surface area contributed by atoms with E-state index in [1.54, 1.807) is 0 Å². The summed E-state index contributed by atoms with van der Waals surface area (Å²) in [5.74, 6) is 1.09. The van der Waals surface area contributed by atoms with Crippen molar-refractivity contribution in [3.05, 3.63) is 59.4 Å². The van der Waals surface area contributed by atoms with Crippen LogP contribution in [0.1, 0.15) is 49.9 Å². The van der Waals surface area contributed by atoms with Gasteiger partial charge < -0.3 is 14.4 Å². The van der Waals surface area contributed by atoms with Gasteiger partial charge >= 0.3 is 6.15 Å². The van der Waals surface area contributed by atoms with Crippen molar-refractivity contribution in [3.8, 4) is 5.75 Å². The van der Waals surface area contributed by atoms with Crippen LogP contribution in [0.3, 0.4) is 0 Å². The molecule has 1 aliphatic rings. The molecule has 1 aliphatic heterocycles. The molecule has 0 radical (unpaired) electrons. The van der Waals surface area contributed by atoms with E-state index < -0.39 is 0 Å². The zero-order valence-corrected chi connectivity index (χ0v) is 19.6. The summed E-state index contributed by atoms with van der Waals surface area (Å²) in [5, 5.41) is 0. The molecule has 0 spiro atoms. The smallest absolute Gasteiger partial charge is 0.373 e. The van der Waals surface area contributed by atoms with Crippen LogP contribution in [-0.4, -0.2) is 48.3 Å². The van der Waals surface area contributed by atoms with E-state index in [1.165, 1.54) is 11.1 Å². The van der Waals surface area contributed by atoms with Crippen molar-refractivity contribution in [2.45, 2.75) is 52.5 Å². The second kappa shape index (κ2) is 14.9. The van der Waals surface area contributed by atoms with Crippen LogP contribution in [-0.2, 0) is 38.5 Å². The lowest BCUT2D eigenvalue weighted by Gasteiger charge is -2.23. The molecule has 178 valence electrons. The number of aryl methyl sites for hydroxylation is 1. The van der Waals surface area contributed by atoms with E-state index in [0.29, 0.717) is 26.3 Å². The summed E-state index contributed by atoms with van der Waals surface area (Å²) in [6.45, 7) is 7.40. The molecule has 33 heavy (non-hydrogen) atoms. The molecule has 7 nitrogen and oxygen atoms in total. The van der Waals surface area contributed by atoms with Crippen molar-refractivity contribution < 1.29 is 23.9 Å².